The molecule has 0 unspecified atom stereocenters. The SMILES string of the molecule is CN(C(=O)c1cc(Cl)nc(Cl)c1)c1cccc(F)c1. The number of amides is 1. The van der Waals surface area contributed by atoms with E-state index >= 15 is 0 Å². The molecule has 0 N–H and O–H groups in total. The molecular weight excluding hydrogens is 290 g/mol. The standard InChI is InChI=1S/C13H9Cl2FN2O/c1-18(10-4-2-3-9(16)7-10)13(19)8-5-11(14)17-12(15)6-8/h2-7H,1H3. The van der Waals surface area contributed by atoms with Crippen molar-refractivity contribution < 1.29 is 9.18 Å². The number of carbonyl (C=O) groups excluding carboxylic acids is 1. The number of benzene rings is 1. The number of anilines is 1. The van der Waals surface area contributed by atoms with Gasteiger partial charge in [0.15, 0.2) is 0 Å². The fourth-order valence-corrected chi connectivity index (χ4v) is 2.04. The Morgan fingerprint density at radius 3 is 2.42 bits per heavy atom. The van der Waals surface area contributed by atoms with E-state index in [0.717, 1.165) is 0 Å². The second-order valence-corrected chi connectivity index (χ2v) is 4.62. The van der Waals surface area contributed by atoms with Crippen LogP contribution >= 0.6 is 23.2 Å². The molecule has 2 rings (SSSR count). The van der Waals surface area contributed by atoms with Gasteiger partial charge in [-0.05, 0) is 30.3 Å². The minimum absolute atomic E-state index is 0.128. The maximum absolute atomic E-state index is 13.1. The minimum Gasteiger partial charge on any atom is -0.311 e. The average molecular weight is 299 g/mol. The molecule has 6 heteroatoms. The zero-order valence-electron chi connectivity index (χ0n) is 9.90. The Hall–Kier alpha value is -1.65. The van der Waals surface area contributed by atoms with Crippen molar-refractivity contribution >= 4 is 34.8 Å². The quantitative estimate of drug-likeness (QED) is 0.790. The molecule has 0 aliphatic carbocycles. The van der Waals surface area contributed by atoms with Gasteiger partial charge in [-0.2, -0.15) is 0 Å². The fourth-order valence-electron chi connectivity index (χ4n) is 1.58. The van der Waals surface area contributed by atoms with Crippen LogP contribution in [-0.2, 0) is 0 Å². The van der Waals surface area contributed by atoms with Crippen LogP contribution < -0.4 is 4.90 Å². The van der Waals surface area contributed by atoms with Crippen LogP contribution in [0.1, 0.15) is 10.4 Å². The molecular formula is C13H9Cl2FN2O. The van der Waals surface area contributed by atoms with Gasteiger partial charge in [0.1, 0.15) is 16.1 Å². The van der Waals surface area contributed by atoms with Crippen molar-refractivity contribution in [3.63, 3.8) is 0 Å². The summed E-state index contributed by atoms with van der Waals surface area (Å²) >= 11 is 11.5. The van der Waals surface area contributed by atoms with Crippen LogP contribution in [0.25, 0.3) is 0 Å². The summed E-state index contributed by atoms with van der Waals surface area (Å²) < 4.78 is 13.1. The average Bonchev–Trinajstić information content (AvgIpc) is 2.36. The molecule has 0 aliphatic heterocycles. The number of pyridine rings is 1. The molecule has 0 bridgehead atoms. The second kappa shape index (κ2) is 5.55. The van der Waals surface area contributed by atoms with Crippen LogP contribution in [-0.4, -0.2) is 17.9 Å². The first kappa shape index (κ1) is 13.8. The Kier molecular flexibility index (Phi) is 4.02. The zero-order chi connectivity index (χ0) is 14.0. The molecule has 1 heterocycles. The Morgan fingerprint density at radius 1 is 1.21 bits per heavy atom. The van der Waals surface area contributed by atoms with Gasteiger partial charge in [0, 0.05) is 18.3 Å². The summed E-state index contributed by atoms with van der Waals surface area (Å²) in [6, 6.07) is 8.55. The number of hydrogen-bond acceptors (Lipinski definition) is 2. The van der Waals surface area contributed by atoms with Gasteiger partial charge in [0.25, 0.3) is 5.91 Å². The van der Waals surface area contributed by atoms with E-state index in [1.54, 1.807) is 13.1 Å². The number of rotatable bonds is 2. The lowest BCUT2D eigenvalue weighted by molar-refractivity contribution is 0.0993. The van der Waals surface area contributed by atoms with Crippen molar-refractivity contribution in [1.29, 1.82) is 0 Å². The number of halogens is 3. The number of aromatic nitrogens is 1. The lowest BCUT2D eigenvalue weighted by atomic mass is 10.2. The fraction of sp³-hybridized carbons (Fsp3) is 0.0769. The van der Waals surface area contributed by atoms with Crippen LogP contribution in [0.5, 0.6) is 0 Å². The third-order valence-electron chi connectivity index (χ3n) is 2.51. The van der Waals surface area contributed by atoms with Gasteiger partial charge < -0.3 is 4.90 Å². The van der Waals surface area contributed by atoms with Crippen molar-refractivity contribution in [2.45, 2.75) is 0 Å². The third kappa shape index (κ3) is 3.22. The van der Waals surface area contributed by atoms with Crippen LogP contribution in [0.3, 0.4) is 0 Å². The van der Waals surface area contributed by atoms with Gasteiger partial charge in [-0.3, -0.25) is 4.79 Å². The van der Waals surface area contributed by atoms with Crippen molar-refractivity contribution in [3.05, 3.63) is 58.1 Å². The van der Waals surface area contributed by atoms with Gasteiger partial charge >= 0.3 is 0 Å². The summed E-state index contributed by atoms with van der Waals surface area (Å²) in [5, 5.41) is 0.256. The van der Waals surface area contributed by atoms with E-state index in [9.17, 15) is 9.18 Å². The van der Waals surface area contributed by atoms with E-state index in [-0.39, 0.29) is 21.8 Å². The summed E-state index contributed by atoms with van der Waals surface area (Å²) in [6.07, 6.45) is 0. The predicted molar refractivity (Wildman–Crippen MR) is 73.4 cm³/mol. The predicted octanol–water partition coefficient (Wildman–Crippen LogP) is 3.80. The third-order valence-corrected chi connectivity index (χ3v) is 2.90. The van der Waals surface area contributed by atoms with Crippen LogP contribution in [0.4, 0.5) is 10.1 Å². The first-order chi connectivity index (χ1) is 8.97. The molecule has 0 atom stereocenters. The molecule has 19 heavy (non-hydrogen) atoms. The molecule has 0 radical (unpaired) electrons. The van der Waals surface area contributed by atoms with Gasteiger partial charge in [-0.1, -0.05) is 29.3 Å². The molecule has 0 saturated carbocycles. The minimum atomic E-state index is -0.414. The van der Waals surface area contributed by atoms with E-state index in [2.05, 4.69) is 4.98 Å². The molecule has 2 aromatic rings. The highest BCUT2D eigenvalue weighted by Gasteiger charge is 2.15. The van der Waals surface area contributed by atoms with Crippen molar-refractivity contribution in [1.82, 2.24) is 4.98 Å². The van der Waals surface area contributed by atoms with Gasteiger partial charge in [-0.15, -0.1) is 0 Å². The van der Waals surface area contributed by atoms with E-state index in [0.29, 0.717) is 5.69 Å². The van der Waals surface area contributed by atoms with Crippen LogP contribution in [0, 0.1) is 5.82 Å². The van der Waals surface area contributed by atoms with Crippen molar-refractivity contribution in [3.8, 4) is 0 Å². The normalized spacial score (nSPS) is 10.3. The molecule has 1 aromatic carbocycles. The molecule has 3 nitrogen and oxygen atoms in total. The van der Waals surface area contributed by atoms with Gasteiger partial charge in [0.2, 0.25) is 0 Å². The van der Waals surface area contributed by atoms with Crippen molar-refractivity contribution in [2.75, 3.05) is 11.9 Å². The summed E-state index contributed by atoms with van der Waals surface area (Å²) in [5.41, 5.74) is 0.728. The topological polar surface area (TPSA) is 33.2 Å². The molecule has 0 aliphatic rings. The smallest absolute Gasteiger partial charge is 0.258 e. The first-order valence-electron chi connectivity index (χ1n) is 5.34. The van der Waals surface area contributed by atoms with Crippen LogP contribution in [0.15, 0.2) is 36.4 Å². The monoisotopic (exact) mass is 298 g/mol. The number of carbonyl (C=O) groups is 1. The lowest BCUT2D eigenvalue weighted by Gasteiger charge is -2.17. The van der Waals surface area contributed by atoms with Gasteiger partial charge in [-0.25, -0.2) is 9.37 Å². The summed E-state index contributed by atoms with van der Waals surface area (Å²) in [6.45, 7) is 0. The molecule has 0 saturated heterocycles. The van der Waals surface area contributed by atoms with E-state index < -0.39 is 5.82 Å². The Morgan fingerprint density at radius 2 is 1.84 bits per heavy atom. The second-order valence-electron chi connectivity index (χ2n) is 3.85. The Bertz CT molecular complexity index is 614. The molecule has 1 amide bonds. The highest BCUT2D eigenvalue weighted by atomic mass is 35.5. The summed E-state index contributed by atoms with van der Waals surface area (Å²) in [4.78, 5) is 17.3. The first-order valence-corrected chi connectivity index (χ1v) is 6.09. The van der Waals surface area contributed by atoms with Gasteiger partial charge in [0.05, 0.1) is 0 Å². The highest BCUT2D eigenvalue weighted by Crippen LogP contribution is 2.20. The molecule has 98 valence electrons. The van der Waals surface area contributed by atoms with E-state index in [1.807, 2.05) is 0 Å². The Balaban J connectivity index is 2.33. The summed E-state index contributed by atoms with van der Waals surface area (Å²) in [5.74, 6) is -0.764. The zero-order valence-corrected chi connectivity index (χ0v) is 11.4. The largest absolute Gasteiger partial charge is 0.311 e. The summed E-state index contributed by atoms with van der Waals surface area (Å²) in [7, 11) is 1.54. The van der Waals surface area contributed by atoms with E-state index in [4.69, 9.17) is 23.2 Å². The van der Waals surface area contributed by atoms with E-state index in [1.165, 1.54) is 35.2 Å². The molecule has 1 aromatic heterocycles. The highest BCUT2D eigenvalue weighted by molar-refractivity contribution is 6.33. The molecule has 0 fully saturated rings. The molecule has 0 spiro atoms. The Labute approximate surface area is 119 Å². The maximum atomic E-state index is 13.1. The lowest BCUT2D eigenvalue weighted by Crippen LogP contribution is -2.26. The number of hydrogen-bond donors (Lipinski definition) is 0. The number of nitrogens with zero attached hydrogens (tertiary/aromatic N) is 2. The maximum Gasteiger partial charge on any atom is 0.258 e. The van der Waals surface area contributed by atoms with Crippen molar-refractivity contribution in [2.24, 2.45) is 0 Å². The van der Waals surface area contributed by atoms with Crippen LogP contribution in [0.2, 0.25) is 10.3 Å².